The highest BCUT2D eigenvalue weighted by Gasteiger charge is 2.25. The quantitative estimate of drug-likeness (QED) is 0.917. The van der Waals surface area contributed by atoms with Crippen LogP contribution < -0.4 is 10.6 Å². The molecule has 0 bridgehead atoms. The summed E-state index contributed by atoms with van der Waals surface area (Å²) in [6, 6.07) is 8.46. The zero-order valence-electron chi connectivity index (χ0n) is 11.4. The van der Waals surface area contributed by atoms with Gasteiger partial charge < -0.3 is 10.6 Å². The van der Waals surface area contributed by atoms with E-state index in [9.17, 15) is 0 Å². The summed E-state index contributed by atoms with van der Waals surface area (Å²) < 4.78 is 0. The van der Waals surface area contributed by atoms with Gasteiger partial charge in [-0.1, -0.05) is 0 Å². The topological polar surface area (TPSA) is 67.9 Å². The molecule has 2 aromatic rings. The molecule has 0 saturated carbocycles. The van der Waals surface area contributed by atoms with E-state index < -0.39 is 0 Å². The molecular weight excluding hydrogens is 250 g/mol. The van der Waals surface area contributed by atoms with Crippen molar-refractivity contribution in [2.45, 2.75) is 25.3 Å². The molecule has 2 N–H and O–H groups in total. The third kappa shape index (κ3) is 2.63. The molecule has 3 rings (SSSR count). The van der Waals surface area contributed by atoms with Gasteiger partial charge in [0.15, 0.2) is 5.82 Å². The van der Waals surface area contributed by atoms with E-state index in [0.717, 1.165) is 36.6 Å². The summed E-state index contributed by atoms with van der Waals surface area (Å²) >= 11 is 0. The van der Waals surface area contributed by atoms with Gasteiger partial charge in [0, 0.05) is 30.5 Å². The maximum Gasteiger partial charge on any atom is 0.151 e. The van der Waals surface area contributed by atoms with Crippen LogP contribution in [-0.4, -0.2) is 34.3 Å². The van der Waals surface area contributed by atoms with Crippen LogP contribution in [0, 0.1) is 0 Å². The largest absolute Gasteiger partial charge is 0.352 e. The average Bonchev–Trinajstić information content (AvgIpc) is 2.97. The van der Waals surface area contributed by atoms with Gasteiger partial charge in [0.2, 0.25) is 0 Å². The van der Waals surface area contributed by atoms with Gasteiger partial charge in [-0.15, -0.1) is 10.2 Å². The third-order valence-electron chi connectivity index (χ3n) is 3.78. The standard InChI is InChI=1S/C15H19N5/c16-8-7-13-4-2-10-20(13)15-6-5-14(18-19-15)12-3-1-9-17-11-12/h1,3,5-6,9,11,13H,2,4,7-8,10,16H2. The minimum absolute atomic E-state index is 0.513. The van der Waals surface area contributed by atoms with Crippen LogP contribution in [-0.2, 0) is 0 Å². The van der Waals surface area contributed by atoms with E-state index >= 15 is 0 Å². The van der Waals surface area contributed by atoms with Gasteiger partial charge in [-0.05, 0) is 50.1 Å². The molecule has 5 nitrogen and oxygen atoms in total. The Balaban J connectivity index is 1.79. The number of anilines is 1. The SMILES string of the molecule is NCCC1CCCN1c1ccc(-c2cccnc2)nn1. The van der Waals surface area contributed by atoms with E-state index in [1.807, 2.05) is 24.3 Å². The first kappa shape index (κ1) is 13.0. The fraction of sp³-hybridized carbons (Fsp3) is 0.400. The van der Waals surface area contributed by atoms with Crippen LogP contribution in [0.4, 0.5) is 5.82 Å². The molecule has 1 atom stereocenters. The number of pyridine rings is 1. The zero-order valence-corrected chi connectivity index (χ0v) is 11.4. The summed E-state index contributed by atoms with van der Waals surface area (Å²) in [6.45, 7) is 1.77. The van der Waals surface area contributed by atoms with Gasteiger partial charge in [-0.2, -0.15) is 0 Å². The lowest BCUT2D eigenvalue weighted by Crippen LogP contribution is -2.31. The molecule has 20 heavy (non-hydrogen) atoms. The van der Waals surface area contributed by atoms with E-state index in [2.05, 4.69) is 20.1 Å². The van der Waals surface area contributed by atoms with Crippen LogP contribution in [0.3, 0.4) is 0 Å². The van der Waals surface area contributed by atoms with Crippen molar-refractivity contribution in [1.29, 1.82) is 0 Å². The predicted octanol–water partition coefficient (Wildman–Crippen LogP) is 1.86. The van der Waals surface area contributed by atoms with Crippen molar-refractivity contribution in [2.75, 3.05) is 18.0 Å². The first-order valence-electron chi connectivity index (χ1n) is 7.09. The summed E-state index contributed by atoms with van der Waals surface area (Å²) in [7, 11) is 0. The van der Waals surface area contributed by atoms with Crippen molar-refractivity contribution in [3.63, 3.8) is 0 Å². The zero-order chi connectivity index (χ0) is 13.8. The number of rotatable bonds is 4. The summed E-state index contributed by atoms with van der Waals surface area (Å²) in [5, 5.41) is 8.70. The van der Waals surface area contributed by atoms with Gasteiger partial charge in [-0.25, -0.2) is 0 Å². The molecule has 1 saturated heterocycles. The van der Waals surface area contributed by atoms with E-state index in [0.29, 0.717) is 6.04 Å². The molecular formula is C15H19N5. The Bertz CT molecular complexity index is 540. The van der Waals surface area contributed by atoms with Gasteiger partial charge in [0.05, 0.1) is 5.69 Å². The van der Waals surface area contributed by atoms with Crippen molar-refractivity contribution >= 4 is 5.82 Å². The second-order valence-electron chi connectivity index (χ2n) is 5.09. The van der Waals surface area contributed by atoms with Gasteiger partial charge >= 0.3 is 0 Å². The Kier molecular flexibility index (Phi) is 3.87. The summed E-state index contributed by atoms with van der Waals surface area (Å²) in [5.74, 6) is 0.952. The van der Waals surface area contributed by atoms with E-state index in [1.165, 1.54) is 12.8 Å². The number of aromatic nitrogens is 3. The van der Waals surface area contributed by atoms with Crippen LogP contribution in [0.1, 0.15) is 19.3 Å². The molecule has 1 fully saturated rings. The van der Waals surface area contributed by atoms with Crippen LogP contribution in [0.2, 0.25) is 0 Å². The fourth-order valence-corrected chi connectivity index (χ4v) is 2.78. The predicted molar refractivity (Wildman–Crippen MR) is 79.3 cm³/mol. The molecule has 2 aromatic heterocycles. The maximum absolute atomic E-state index is 5.68. The molecule has 104 valence electrons. The lowest BCUT2D eigenvalue weighted by atomic mass is 10.1. The molecule has 1 aliphatic rings. The van der Waals surface area contributed by atoms with Crippen LogP contribution in [0.15, 0.2) is 36.7 Å². The Hall–Kier alpha value is -2.01. The number of nitrogens with zero attached hydrogens (tertiary/aromatic N) is 4. The Morgan fingerprint density at radius 3 is 2.90 bits per heavy atom. The van der Waals surface area contributed by atoms with Crippen LogP contribution in [0.25, 0.3) is 11.3 Å². The van der Waals surface area contributed by atoms with Crippen molar-refractivity contribution < 1.29 is 0 Å². The first-order valence-corrected chi connectivity index (χ1v) is 7.09. The monoisotopic (exact) mass is 269 g/mol. The third-order valence-corrected chi connectivity index (χ3v) is 3.78. The van der Waals surface area contributed by atoms with Crippen LogP contribution >= 0.6 is 0 Å². The molecule has 1 unspecified atom stereocenters. The number of nitrogens with two attached hydrogens (primary N) is 1. The number of hydrogen-bond acceptors (Lipinski definition) is 5. The minimum atomic E-state index is 0.513. The van der Waals surface area contributed by atoms with Crippen molar-refractivity contribution in [2.24, 2.45) is 5.73 Å². The molecule has 0 amide bonds. The van der Waals surface area contributed by atoms with Crippen LogP contribution in [0.5, 0.6) is 0 Å². The molecule has 0 aliphatic carbocycles. The Morgan fingerprint density at radius 1 is 1.25 bits per heavy atom. The molecule has 3 heterocycles. The maximum atomic E-state index is 5.68. The first-order chi connectivity index (χ1) is 9.88. The minimum Gasteiger partial charge on any atom is -0.352 e. The lowest BCUT2D eigenvalue weighted by Gasteiger charge is -2.24. The smallest absolute Gasteiger partial charge is 0.151 e. The summed E-state index contributed by atoms with van der Waals surface area (Å²) in [6.07, 6.45) is 6.98. The Labute approximate surface area is 118 Å². The van der Waals surface area contributed by atoms with Crippen molar-refractivity contribution in [1.82, 2.24) is 15.2 Å². The van der Waals surface area contributed by atoms with Gasteiger partial charge in [0.1, 0.15) is 0 Å². The fourth-order valence-electron chi connectivity index (χ4n) is 2.78. The lowest BCUT2D eigenvalue weighted by molar-refractivity contribution is 0.612. The molecule has 0 aromatic carbocycles. The molecule has 0 radical (unpaired) electrons. The second-order valence-corrected chi connectivity index (χ2v) is 5.09. The Morgan fingerprint density at radius 2 is 2.20 bits per heavy atom. The van der Waals surface area contributed by atoms with Crippen molar-refractivity contribution in [3.8, 4) is 11.3 Å². The summed E-state index contributed by atoms with van der Waals surface area (Å²) in [5.41, 5.74) is 7.53. The molecule has 0 spiro atoms. The normalized spacial score (nSPS) is 18.4. The number of hydrogen-bond donors (Lipinski definition) is 1. The second kappa shape index (κ2) is 5.96. The van der Waals surface area contributed by atoms with E-state index in [4.69, 9.17) is 5.73 Å². The highest BCUT2D eigenvalue weighted by Crippen LogP contribution is 2.26. The summed E-state index contributed by atoms with van der Waals surface area (Å²) in [4.78, 5) is 6.43. The van der Waals surface area contributed by atoms with Crippen molar-refractivity contribution in [3.05, 3.63) is 36.7 Å². The highest BCUT2D eigenvalue weighted by atomic mass is 15.3. The average molecular weight is 269 g/mol. The molecule has 5 heteroatoms. The molecule has 1 aliphatic heterocycles. The highest BCUT2D eigenvalue weighted by molar-refractivity contribution is 5.58. The van der Waals surface area contributed by atoms with Gasteiger partial charge in [0.25, 0.3) is 0 Å². The van der Waals surface area contributed by atoms with E-state index in [-0.39, 0.29) is 0 Å². The van der Waals surface area contributed by atoms with Gasteiger partial charge in [-0.3, -0.25) is 4.98 Å². The van der Waals surface area contributed by atoms with E-state index in [1.54, 1.807) is 12.4 Å².